The largest absolute Gasteiger partial charge is 0.381 e. The van der Waals surface area contributed by atoms with Gasteiger partial charge in [0.2, 0.25) is 11.8 Å². The first-order valence-corrected chi connectivity index (χ1v) is 13.8. The number of hydrogen-bond donors (Lipinski definition) is 5. The summed E-state index contributed by atoms with van der Waals surface area (Å²) in [7, 11) is 0. The Morgan fingerprint density at radius 2 is 1.83 bits per heavy atom. The zero-order valence-electron chi connectivity index (χ0n) is 20.0. The van der Waals surface area contributed by atoms with Crippen LogP contribution >= 0.6 is 23.5 Å². The van der Waals surface area contributed by atoms with Crippen molar-refractivity contribution in [3.63, 3.8) is 0 Å². The SMILES string of the molecule is CCCC(NC(=O)[C@@H]1CC2(CN1)SCCS2)C(O)C(=O)NCC(=O)N[C@H](C(C)=O)c1ccccc1. The molecule has 3 rings (SSSR count). The molecule has 9 nitrogen and oxygen atoms in total. The van der Waals surface area contributed by atoms with Crippen molar-refractivity contribution >= 4 is 47.0 Å². The predicted molar refractivity (Wildman–Crippen MR) is 138 cm³/mol. The van der Waals surface area contributed by atoms with E-state index in [2.05, 4.69) is 21.3 Å². The van der Waals surface area contributed by atoms with Crippen LogP contribution in [-0.4, -0.2) is 75.5 Å². The van der Waals surface area contributed by atoms with Gasteiger partial charge in [-0.3, -0.25) is 19.2 Å². The Morgan fingerprint density at radius 3 is 2.46 bits per heavy atom. The molecule has 2 aliphatic heterocycles. The zero-order chi connectivity index (χ0) is 25.4. The second kappa shape index (κ2) is 12.8. The van der Waals surface area contributed by atoms with Gasteiger partial charge in [0.1, 0.15) is 6.04 Å². The second-order valence-electron chi connectivity index (χ2n) is 8.83. The summed E-state index contributed by atoms with van der Waals surface area (Å²) in [5.74, 6) is 0.366. The Balaban J connectivity index is 1.50. The maximum Gasteiger partial charge on any atom is 0.251 e. The predicted octanol–water partition coefficient (Wildman–Crippen LogP) is 0.733. The lowest BCUT2D eigenvalue weighted by Crippen LogP contribution is -2.54. The number of aliphatic hydroxyl groups excluding tert-OH is 1. The molecule has 4 atom stereocenters. The molecule has 2 unspecified atom stereocenters. The Kier molecular flexibility index (Phi) is 10.0. The molecule has 2 heterocycles. The Labute approximate surface area is 214 Å². The summed E-state index contributed by atoms with van der Waals surface area (Å²) in [6, 6.07) is 6.85. The maximum atomic E-state index is 12.9. The lowest BCUT2D eigenvalue weighted by molar-refractivity contribution is -0.134. The molecule has 3 amide bonds. The fourth-order valence-electron chi connectivity index (χ4n) is 4.27. The van der Waals surface area contributed by atoms with Gasteiger partial charge in [-0.2, -0.15) is 0 Å². The Morgan fingerprint density at radius 1 is 1.14 bits per heavy atom. The van der Waals surface area contributed by atoms with Crippen LogP contribution in [0.15, 0.2) is 30.3 Å². The highest BCUT2D eigenvalue weighted by Crippen LogP contribution is 2.49. The lowest BCUT2D eigenvalue weighted by atomic mass is 10.0. The summed E-state index contributed by atoms with van der Waals surface area (Å²) >= 11 is 3.75. The van der Waals surface area contributed by atoms with Crippen molar-refractivity contribution in [3.8, 4) is 0 Å². The molecule has 2 aliphatic rings. The van der Waals surface area contributed by atoms with Gasteiger partial charge in [0, 0.05) is 18.1 Å². The van der Waals surface area contributed by atoms with Crippen LogP contribution in [0.4, 0.5) is 0 Å². The Bertz CT molecular complexity index is 910. The second-order valence-corrected chi connectivity index (χ2v) is 12.0. The third kappa shape index (κ3) is 7.45. The summed E-state index contributed by atoms with van der Waals surface area (Å²) < 4.78 is 0.0308. The minimum absolute atomic E-state index is 0.0308. The van der Waals surface area contributed by atoms with E-state index in [0.29, 0.717) is 24.8 Å². The average molecular weight is 523 g/mol. The Hall–Kier alpha value is -2.08. The molecule has 2 saturated heterocycles. The topological polar surface area (TPSA) is 137 Å². The number of carbonyl (C=O) groups excluding carboxylic acids is 4. The number of hydrogen-bond acceptors (Lipinski definition) is 8. The minimum Gasteiger partial charge on any atom is -0.381 e. The molecular formula is C24H34N4O5S2. The van der Waals surface area contributed by atoms with Gasteiger partial charge < -0.3 is 26.4 Å². The van der Waals surface area contributed by atoms with E-state index < -0.39 is 36.5 Å². The van der Waals surface area contributed by atoms with Crippen molar-refractivity contribution in [2.75, 3.05) is 24.6 Å². The molecule has 2 fully saturated rings. The van der Waals surface area contributed by atoms with Gasteiger partial charge in [0.25, 0.3) is 5.91 Å². The van der Waals surface area contributed by atoms with Crippen molar-refractivity contribution < 1.29 is 24.3 Å². The number of aliphatic hydroxyl groups is 1. The monoisotopic (exact) mass is 522 g/mol. The van der Waals surface area contributed by atoms with Gasteiger partial charge in [0.05, 0.1) is 22.7 Å². The number of rotatable bonds is 11. The minimum atomic E-state index is -1.50. The van der Waals surface area contributed by atoms with E-state index in [-0.39, 0.29) is 21.8 Å². The van der Waals surface area contributed by atoms with Crippen molar-refractivity contribution in [2.24, 2.45) is 0 Å². The molecule has 192 valence electrons. The normalized spacial score (nSPS) is 21.2. The maximum absolute atomic E-state index is 12.9. The van der Waals surface area contributed by atoms with Crippen molar-refractivity contribution in [1.82, 2.24) is 21.3 Å². The van der Waals surface area contributed by atoms with E-state index in [4.69, 9.17) is 0 Å². The first-order chi connectivity index (χ1) is 16.7. The molecule has 0 radical (unpaired) electrons. The first kappa shape index (κ1) is 27.5. The van der Waals surface area contributed by atoms with Crippen LogP contribution in [0.5, 0.6) is 0 Å². The van der Waals surface area contributed by atoms with Crippen LogP contribution < -0.4 is 21.3 Å². The fraction of sp³-hybridized carbons (Fsp3) is 0.583. The number of ketones is 1. The zero-order valence-corrected chi connectivity index (χ0v) is 21.7. The summed E-state index contributed by atoms with van der Waals surface area (Å²) in [5.41, 5.74) is 0.641. The van der Waals surface area contributed by atoms with Gasteiger partial charge in [0.15, 0.2) is 11.9 Å². The molecule has 0 aliphatic carbocycles. The molecule has 0 bridgehead atoms. The van der Waals surface area contributed by atoms with Crippen LogP contribution in [0.2, 0.25) is 0 Å². The number of amides is 3. The smallest absolute Gasteiger partial charge is 0.251 e. The molecular weight excluding hydrogens is 488 g/mol. The number of nitrogens with one attached hydrogen (secondary N) is 4. The van der Waals surface area contributed by atoms with Crippen LogP contribution in [0.25, 0.3) is 0 Å². The van der Waals surface area contributed by atoms with Crippen LogP contribution in [0, 0.1) is 0 Å². The highest BCUT2D eigenvalue weighted by atomic mass is 32.2. The van der Waals surface area contributed by atoms with Crippen LogP contribution in [-0.2, 0) is 19.2 Å². The lowest BCUT2D eigenvalue weighted by Gasteiger charge is -2.25. The summed E-state index contributed by atoms with van der Waals surface area (Å²) in [4.78, 5) is 49.8. The number of benzene rings is 1. The van der Waals surface area contributed by atoms with Gasteiger partial charge in [-0.1, -0.05) is 43.7 Å². The highest BCUT2D eigenvalue weighted by Gasteiger charge is 2.45. The van der Waals surface area contributed by atoms with Gasteiger partial charge >= 0.3 is 0 Å². The molecule has 0 saturated carbocycles. The third-order valence-electron chi connectivity index (χ3n) is 6.11. The van der Waals surface area contributed by atoms with Crippen molar-refractivity contribution in [2.45, 2.75) is 61.4 Å². The van der Waals surface area contributed by atoms with Gasteiger partial charge in [-0.15, -0.1) is 23.5 Å². The third-order valence-corrected chi connectivity index (χ3v) is 9.56. The first-order valence-electron chi connectivity index (χ1n) is 11.9. The fourth-order valence-corrected chi connectivity index (χ4v) is 7.46. The van der Waals surface area contributed by atoms with Crippen molar-refractivity contribution in [1.29, 1.82) is 0 Å². The molecule has 11 heteroatoms. The summed E-state index contributed by atoms with van der Waals surface area (Å²) in [6.07, 6.45) is 0.263. The number of Topliss-reactive ketones (excluding diaryl/α,β-unsaturated/α-hetero) is 1. The van der Waals surface area contributed by atoms with Crippen molar-refractivity contribution in [3.05, 3.63) is 35.9 Å². The van der Waals surface area contributed by atoms with E-state index in [9.17, 15) is 24.3 Å². The van der Waals surface area contributed by atoms with Gasteiger partial charge in [-0.25, -0.2) is 0 Å². The molecule has 5 N–H and O–H groups in total. The average Bonchev–Trinajstić information content (AvgIpc) is 3.50. The molecule has 1 aromatic rings. The number of carbonyl (C=O) groups is 4. The quantitative estimate of drug-likeness (QED) is 0.287. The summed E-state index contributed by atoms with van der Waals surface area (Å²) in [6.45, 7) is 3.63. The van der Waals surface area contributed by atoms with E-state index >= 15 is 0 Å². The molecule has 1 spiro atoms. The summed E-state index contributed by atoms with van der Waals surface area (Å²) in [5, 5.41) is 21.7. The highest BCUT2D eigenvalue weighted by molar-refractivity contribution is 8.21. The van der Waals surface area contributed by atoms with E-state index in [1.165, 1.54) is 6.92 Å². The van der Waals surface area contributed by atoms with E-state index in [0.717, 1.165) is 18.1 Å². The molecule has 0 aromatic heterocycles. The van der Waals surface area contributed by atoms with Gasteiger partial charge in [-0.05, 0) is 25.3 Å². The molecule has 1 aromatic carbocycles. The van der Waals surface area contributed by atoms with E-state index in [1.807, 2.05) is 36.5 Å². The van der Waals surface area contributed by atoms with Crippen LogP contribution in [0.3, 0.4) is 0 Å². The van der Waals surface area contributed by atoms with Crippen LogP contribution in [0.1, 0.15) is 44.7 Å². The standard InChI is InChI=1S/C24H34N4O5S2/c1-3-7-17(27-22(32)18-12-24(14-26-18)34-10-11-35-24)21(31)23(33)25-13-19(30)28-20(15(2)29)16-8-5-4-6-9-16/h4-6,8-9,17-18,20-21,26,31H,3,7,10-14H2,1-2H3,(H,25,33)(H,27,32)(H,28,30)/t17?,18-,20+,21?/m0/s1. The van der Waals surface area contributed by atoms with E-state index in [1.54, 1.807) is 24.3 Å². The number of thioether (sulfide) groups is 2. The molecule has 35 heavy (non-hydrogen) atoms.